The van der Waals surface area contributed by atoms with Crippen molar-refractivity contribution in [2.45, 2.75) is 356 Å². The number of cyclic esters (lactones) is 2. The van der Waals surface area contributed by atoms with E-state index in [-0.39, 0.29) is 75.0 Å². The highest BCUT2D eigenvalue weighted by Gasteiger charge is 2.54. The number of anilines is 2. The standard InChI is InChI=1S/C92H156N6O10/c1-10-13-16-19-22-25-28-31-34-37-40-43-46-49-54-72(4)69-81(87(101)95-66-52-65-93-85(99)74-57-61-78(62-58-74)96(6)7)84(90(104)105)77(56-51-48-45-42-39-36-33-30-27-24-21-18-15-12-3)71-82-83(89(103)98(88(82)102)68-53-67-94-86(100)75-59-63-79(64-60-75)97(8)9)76(70-80-73(5)91(106)108-92(80)107)55-50-47-44-41-38-35-32-29-26-23-20-17-14-11-2/h57-64,72-73,76-77,80-84H,10-56,65-71H2,1-9H3,(H,93,99)(H,94,100)(H,95,101)(H,104,105). The molecule has 0 bridgehead atoms. The first-order valence-electron chi connectivity index (χ1n) is 44.6. The summed E-state index contributed by atoms with van der Waals surface area (Å²) in [5, 5.41) is 21.2. The van der Waals surface area contributed by atoms with Crippen LogP contribution in [0.3, 0.4) is 0 Å². The van der Waals surface area contributed by atoms with Crippen molar-refractivity contribution in [1.82, 2.24) is 20.9 Å². The normalized spacial score (nSPS) is 17.2. The topological polar surface area (TPSA) is 212 Å². The number of hydrogen-bond acceptors (Lipinski definition) is 11. The third kappa shape index (κ3) is 37.9. The highest BCUT2D eigenvalue weighted by atomic mass is 16.6. The fraction of sp³-hybridized carbons (Fsp3) is 0.783. The SMILES string of the molecule is CCCCCCCCCCCCCCCCC(C)CC(C(=O)NCCCNC(=O)c1ccc(N(C)C)cc1)C(C(=O)O)C(CCCCCCCCCCCCCCCC)CC1C(=O)N(CCCNC(=O)c2ccc(N(C)C)cc2)C(=O)C1C(CCCCCCCCCCCCCCCC)CC1C(=O)OC(=O)C1C. The van der Waals surface area contributed by atoms with E-state index in [1.54, 1.807) is 31.2 Å². The molecular formula is C92H156N6O10. The zero-order chi connectivity index (χ0) is 78.5. The number of rotatable bonds is 68. The molecule has 2 heterocycles. The van der Waals surface area contributed by atoms with Crippen LogP contribution in [0.2, 0.25) is 0 Å². The molecule has 2 saturated heterocycles. The van der Waals surface area contributed by atoms with E-state index >= 15 is 14.4 Å². The van der Waals surface area contributed by atoms with Crippen LogP contribution in [-0.4, -0.2) is 112 Å². The van der Waals surface area contributed by atoms with E-state index in [0.717, 1.165) is 94.8 Å². The van der Waals surface area contributed by atoms with E-state index in [1.807, 2.05) is 62.3 Å². The van der Waals surface area contributed by atoms with Gasteiger partial charge in [0, 0.05) is 76.9 Å². The minimum Gasteiger partial charge on any atom is -0.481 e. The molecule has 16 heteroatoms. The molecule has 4 rings (SSSR count). The molecule has 9 atom stereocenters. The molecule has 9 unspecified atom stereocenters. The molecule has 0 saturated carbocycles. The monoisotopic (exact) mass is 1510 g/mol. The second kappa shape index (κ2) is 58.1. The Hall–Kier alpha value is -5.80. The lowest BCUT2D eigenvalue weighted by Crippen LogP contribution is -2.44. The number of nitrogens with one attached hydrogen (secondary N) is 3. The highest BCUT2D eigenvalue weighted by Crippen LogP contribution is 2.46. The highest BCUT2D eigenvalue weighted by molar-refractivity contribution is 6.05. The molecule has 0 radical (unpaired) electrons. The Balaban J connectivity index is 1.70. The first kappa shape index (κ1) is 94.6. The number of likely N-dealkylation sites (tertiary alicyclic amines) is 1. The van der Waals surface area contributed by atoms with Gasteiger partial charge in [-0.05, 0) is 111 Å². The molecular weight excluding hydrogens is 1350 g/mol. The van der Waals surface area contributed by atoms with Crippen molar-refractivity contribution in [2.75, 3.05) is 64.2 Å². The predicted octanol–water partition coefficient (Wildman–Crippen LogP) is 21.8. The Labute approximate surface area is 657 Å². The number of hydrogen-bond donors (Lipinski definition) is 4. The number of carbonyl (C=O) groups is 8. The Kier molecular flexibility index (Phi) is 50.9. The van der Waals surface area contributed by atoms with Gasteiger partial charge in [-0.15, -0.1) is 0 Å². The van der Waals surface area contributed by atoms with Crippen LogP contribution in [-0.2, 0) is 33.5 Å². The zero-order valence-corrected chi connectivity index (χ0v) is 70.0. The van der Waals surface area contributed by atoms with Crippen molar-refractivity contribution in [3.05, 3.63) is 59.7 Å². The quantitative estimate of drug-likeness (QED) is 0.0211. The number of unbranched alkanes of at least 4 members (excludes halogenated alkanes) is 39. The number of ether oxygens (including phenoxy) is 1. The summed E-state index contributed by atoms with van der Waals surface area (Å²) in [6.45, 7) is 11.3. The Morgan fingerprint density at radius 2 is 0.796 bits per heavy atom. The van der Waals surface area contributed by atoms with Gasteiger partial charge in [0.1, 0.15) is 0 Å². The van der Waals surface area contributed by atoms with Gasteiger partial charge in [0.05, 0.1) is 35.5 Å². The molecule has 614 valence electrons. The molecule has 4 N–H and O–H groups in total. The first-order valence-corrected chi connectivity index (χ1v) is 44.6. The van der Waals surface area contributed by atoms with E-state index in [0.29, 0.717) is 43.2 Å². The molecule has 0 spiro atoms. The largest absolute Gasteiger partial charge is 0.481 e. The van der Waals surface area contributed by atoms with Gasteiger partial charge in [-0.2, -0.15) is 0 Å². The van der Waals surface area contributed by atoms with Crippen molar-refractivity contribution in [3.63, 3.8) is 0 Å². The average molecular weight is 1510 g/mol. The number of carbonyl (C=O) groups excluding carboxylic acids is 7. The maximum absolute atomic E-state index is 15.8. The summed E-state index contributed by atoms with van der Waals surface area (Å²) in [7, 11) is 7.76. The number of nitrogens with zero attached hydrogens (tertiary/aromatic N) is 3. The lowest BCUT2D eigenvalue weighted by Gasteiger charge is -2.35. The lowest BCUT2D eigenvalue weighted by molar-refractivity contribution is -0.154. The van der Waals surface area contributed by atoms with Gasteiger partial charge in [0.2, 0.25) is 17.7 Å². The van der Waals surface area contributed by atoms with Crippen molar-refractivity contribution >= 4 is 58.8 Å². The fourth-order valence-corrected chi connectivity index (χ4v) is 16.9. The van der Waals surface area contributed by atoms with Gasteiger partial charge < -0.3 is 35.6 Å². The predicted molar refractivity (Wildman–Crippen MR) is 445 cm³/mol. The molecule has 0 aliphatic carbocycles. The number of esters is 2. The molecule has 2 aliphatic heterocycles. The molecule has 0 aromatic heterocycles. The maximum Gasteiger partial charge on any atom is 0.317 e. The minimum absolute atomic E-state index is 0.000916. The van der Waals surface area contributed by atoms with Gasteiger partial charge in [-0.25, -0.2) is 0 Å². The summed E-state index contributed by atoms with van der Waals surface area (Å²) < 4.78 is 5.28. The van der Waals surface area contributed by atoms with Gasteiger partial charge in [-0.1, -0.05) is 311 Å². The molecule has 2 aliphatic rings. The second-order valence-corrected chi connectivity index (χ2v) is 33.4. The fourth-order valence-electron chi connectivity index (χ4n) is 16.9. The van der Waals surface area contributed by atoms with Crippen LogP contribution in [0, 0.1) is 53.3 Å². The van der Waals surface area contributed by atoms with Crippen LogP contribution >= 0.6 is 0 Å². The van der Waals surface area contributed by atoms with Gasteiger partial charge in [0.25, 0.3) is 11.8 Å². The van der Waals surface area contributed by atoms with E-state index in [4.69, 9.17) is 4.74 Å². The summed E-state index contributed by atoms with van der Waals surface area (Å²) >= 11 is 0. The van der Waals surface area contributed by atoms with E-state index in [1.165, 1.54) is 191 Å². The number of imide groups is 1. The summed E-state index contributed by atoms with van der Waals surface area (Å²) in [4.78, 5) is 121. The van der Waals surface area contributed by atoms with Crippen LogP contribution in [0.5, 0.6) is 0 Å². The van der Waals surface area contributed by atoms with Crippen LogP contribution in [0.1, 0.15) is 376 Å². The average Bonchev–Trinajstić information content (AvgIpc) is 1.62. The second-order valence-electron chi connectivity index (χ2n) is 33.4. The van der Waals surface area contributed by atoms with Crippen molar-refractivity contribution in [1.29, 1.82) is 0 Å². The summed E-state index contributed by atoms with van der Waals surface area (Å²) in [6, 6.07) is 14.7. The van der Waals surface area contributed by atoms with Crippen LogP contribution < -0.4 is 25.8 Å². The number of amides is 5. The number of benzene rings is 2. The van der Waals surface area contributed by atoms with Gasteiger partial charge >= 0.3 is 17.9 Å². The minimum atomic E-state index is -1.21. The van der Waals surface area contributed by atoms with Gasteiger partial charge in [0.15, 0.2) is 0 Å². The van der Waals surface area contributed by atoms with Crippen LogP contribution in [0.25, 0.3) is 0 Å². The van der Waals surface area contributed by atoms with Gasteiger partial charge in [-0.3, -0.25) is 43.3 Å². The Morgan fingerprint density at radius 1 is 0.435 bits per heavy atom. The summed E-state index contributed by atoms with van der Waals surface area (Å²) in [6.07, 6.45) is 53.0. The van der Waals surface area contributed by atoms with Crippen LogP contribution in [0.4, 0.5) is 11.4 Å². The smallest absolute Gasteiger partial charge is 0.317 e. The van der Waals surface area contributed by atoms with E-state index in [2.05, 4.69) is 43.6 Å². The Morgan fingerprint density at radius 3 is 1.17 bits per heavy atom. The molecule has 2 aromatic carbocycles. The van der Waals surface area contributed by atoms with E-state index in [9.17, 15) is 29.1 Å². The zero-order valence-electron chi connectivity index (χ0n) is 70.0. The van der Waals surface area contributed by atoms with Crippen molar-refractivity contribution in [2.24, 2.45) is 53.3 Å². The molecule has 108 heavy (non-hydrogen) atoms. The molecule has 5 amide bonds. The molecule has 16 nitrogen and oxygen atoms in total. The third-order valence-electron chi connectivity index (χ3n) is 23.9. The number of carboxylic acid groups (broad SMARTS) is 1. The lowest BCUT2D eigenvalue weighted by atomic mass is 9.67. The van der Waals surface area contributed by atoms with Crippen molar-refractivity contribution in [3.8, 4) is 0 Å². The number of aliphatic carboxylic acids is 1. The maximum atomic E-state index is 15.8. The third-order valence-corrected chi connectivity index (χ3v) is 23.9. The van der Waals surface area contributed by atoms with Crippen LogP contribution in [0.15, 0.2) is 48.5 Å². The summed E-state index contributed by atoms with van der Waals surface area (Å²) in [5.74, 6) is -10.8. The molecule has 2 aromatic rings. The molecule has 2 fully saturated rings. The van der Waals surface area contributed by atoms with E-state index < -0.39 is 71.2 Å². The Bertz CT molecular complexity index is 2770. The first-order chi connectivity index (χ1) is 52.3. The summed E-state index contributed by atoms with van der Waals surface area (Å²) in [5.41, 5.74) is 2.94. The number of carboxylic acids is 1. The van der Waals surface area contributed by atoms with Crippen molar-refractivity contribution < 1.29 is 48.2 Å².